The van der Waals surface area contributed by atoms with Gasteiger partial charge in [-0.1, -0.05) is 48.0 Å². The van der Waals surface area contributed by atoms with Crippen LogP contribution in [-0.2, 0) is 30.9 Å². The normalized spacial score (nSPS) is 15.2. The van der Waals surface area contributed by atoms with Gasteiger partial charge in [-0.2, -0.15) is 4.31 Å². The summed E-state index contributed by atoms with van der Waals surface area (Å²) >= 11 is 5.96. The van der Waals surface area contributed by atoms with Gasteiger partial charge in [0, 0.05) is 11.6 Å². The van der Waals surface area contributed by atoms with E-state index in [1.165, 1.54) is 36.3 Å². The Morgan fingerprint density at radius 1 is 1.06 bits per heavy atom. The highest BCUT2D eigenvalue weighted by molar-refractivity contribution is 7.89. The van der Waals surface area contributed by atoms with Gasteiger partial charge in [0.05, 0.1) is 30.8 Å². The van der Waals surface area contributed by atoms with E-state index in [0.29, 0.717) is 16.5 Å². The van der Waals surface area contributed by atoms with Crippen LogP contribution in [0.3, 0.4) is 0 Å². The third kappa shape index (κ3) is 5.38. The van der Waals surface area contributed by atoms with Gasteiger partial charge < -0.3 is 14.4 Å². The maximum Gasteiger partial charge on any atom is 0.348 e. The number of hydrogen-bond donors (Lipinski definition) is 0. The van der Waals surface area contributed by atoms with Crippen molar-refractivity contribution in [2.24, 2.45) is 0 Å². The van der Waals surface area contributed by atoms with Crippen LogP contribution in [0.15, 0.2) is 77.7 Å². The zero-order valence-corrected chi connectivity index (χ0v) is 21.3. The molecular weight excluding hydrogens is 504 g/mol. The van der Waals surface area contributed by atoms with Gasteiger partial charge >= 0.3 is 5.97 Å². The Kier molecular flexibility index (Phi) is 7.63. The highest BCUT2D eigenvalue weighted by atomic mass is 35.5. The van der Waals surface area contributed by atoms with Gasteiger partial charge in [0.15, 0.2) is 0 Å². The monoisotopic (exact) mass is 528 g/mol. The molecule has 3 aromatic rings. The minimum absolute atomic E-state index is 0.0168. The molecular formula is C26H25ClN2O6S. The number of rotatable bonds is 7. The smallest absolute Gasteiger partial charge is 0.348 e. The first-order valence-electron chi connectivity index (χ1n) is 11.1. The number of amides is 1. The summed E-state index contributed by atoms with van der Waals surface area (Å²) in [4.78, 5) is 27.2. The number of halogens is 1. The first-order valence-corrected chi connectivity index (χ1v) is 13.0. The van der Waals surface area contributed by atoms with E-state index in [4.69, 9.17) is 21.1 Å². The average Bonchev–Trinajstić information content (AvgIpc) is 2.88. The third-order valence-corrected chi connectivity index (χ3v) is 7.97. The molecule has 0 bridgehead atoms. The molecule has 36 heavy (non-hydrogen) atoms. The van der Waals surface area contributed by atoms with Gasteiger partial charge in [0.1, 0.15) is 5.75 Å². The Bertz CT molecular complexity index is 1380. The molecule has 0 saturated heterocycles. The van der Waals surface area contributed by atoms with Crippen LogP contribution in [0.5, 0.6) is 5.75 Å². The van der Waals surface area contributed by atoms with Crippen LogP contribution in [0.2, 0.25) is 5.02 Å². The van der Waals surface area contributed by atoms with Gasteiger partial charge in [-0.05, 0) is 54.4 Å². The maximum absolute atomic E-state index is 13.7. The number of benzene rings is 3. The van der Waals surface area contributed by atoms with Gasteiger partial charge in [0.2, 0.25) is 22.0 Å². The molecule has 10 heteroatoms. The molecule has 188 valence electrons. The van der Waals surface area contributed by atoms with Crippen LogP contribution in [0.25, 0.3) is 0 Å². The predicted octanol–water partition coefficient (Wildman–Crippen LogP) is 3.81. The summed E-state index contributed by atoms with van der Waals surface area (Å²) in [6.45, 7) is 1.29. The average molecular weight is 529 g/mol. The summed E-state index contributed by atoms with van der Waals surface area (Å²) in [6, 6.07) is 19.9. The highest BCUT2D eigenvalue weighted by Gasteiger charge is 2.36. The number of carbonyl (C=O) groups is 2. The maximum atomic E-state index is 13.7. The first-order chi connectivity index (χ1) is 17.2. The van der Waals surface area contributed by atoms with Crippen molar-refractivity contribution in [3.05, 3.63) is 88.9 Å². The fourth-order valence-corrected chi connectivity index (χ4v) is 5.41. The number of nitrogens with zero attached hydrogens (tertiary/aromatic N) is 2. The molecule has 3 aromatic carbocycles. The topological polar surface area (TPSA) is 93.2 Å². The lowest BCUT2D eigenvalue weighted by Gasteiger charge is -2.34. The van der Waals surface area contributed by atoms with Crippen LogP contribution >= 0.6 is 11.6 Å². The van der Waals surface area contributed by atoms with Gasteiger partial charge in [-0.15, -0.1) is 0 Å². The van der Waals surface area contributed by atoms with E-state index in [1.54, 1.807) is 24.3 Å². The van der Waals surface area contributed by atoms with Crippen molar-refractivity contribution in [2.75, 3.05) is 25.1 Å². The molecule has 1 aliphatic heterocycles. The lowest BCUT2D eigenvalue weighted by atomic mass is 10.1. The summed E-state index contributed by atoms with van der Waals surface area (Å²) in [7, 11) is -2.84. The number of fused-ring (bicyclic) bond motifs is 1. The van der Waals surface area contributed by atoms with Crippen LogP contribution in [0, 0.1) is 6.92 Å². The molecule has 0 aromatic heterocycles. The van der Waals surface area contributed by atoms with Crippen molar-refractivity contribution >= 4 is 39.2 Å². The van der Waals surface area contributed by atoms with Gasteiger partial charge in [-0.3, -0.25) is 4.79 Å². The van der Waals surface area contributed by atoms with Crippen LogP contribution in [0.1, 0.15) is 11.1 Å². The Morgan fingerprint density at radius 3 is 2.42 bits per heavy atom. The van der Waals surface area contributed by atoms with Crippen LogP contribution < -0.4 is 9.64 Å². The van der Waals surface area contributed by atoms with Crippen molar-refractivity contribution in [1.82, 2.24) is 4.31 Å². The fraction of sp³-hybridized carbons (Fsp3) is 0.231. The number of sulfonamides is 1. The number of ether oxygens (including phenoxy) is 2. The molecule has 0 aliphatic carbocycles. The minimum atomic E-state index is -4.07. The number of esters is 1. The Labute approximate surface area is 215 Å². The molecule has 1 unspecified atom stereocenters. The van der Waals surface area contributed by atoms with Crippen LogP contribution in [0.4, 0.5) is 5.69 Å². The molecule has 0 saturated carbocycles. The SMILES string of the molecule is COC(=O)C1CN(C(=O)CN(Cc2ccccc2C)S(=O)(=O)c2ccc(Cl)cc2)c2ccccc2O1. The summed E-state index contributed by atoms with van der Waals surface area (Å²) < 4.78 is 39.0. The van der Waals surface area contributed by atoms with Crippen molar-refractivity contribution in [2.45, 2.75) is 24.5 Å². The lowest BCUT2D eigenvalue weighted by molar-refractivity contribution is -0.148. The Hall–Kier alpha value is -3.40. The second kappa shape index (κ2) is 10.7. The quantitative estimate of drug-likeness (QED) is 0.433. The van der Waals surface area contributed by atoms with Gasteiger partial charge in [0.25, 0.3) is 0 Å². The summed E-state index contributed by atoms with van der Waals surface area (Å²) in [6.07, 6.45) is -1.04. The molecule has 0 N–H and O–H groups in total. The number of methoxy groups -OCH3 is 1. The molecule has 0 fully saturated rings. The zero-order valence-electron chi connectivity index (χ0n) is 19.8. The third-order valence-electron chi connectivity index (χ3n) is 5.91. The molecule has 1 heterocycles. The molecule has 4 rings (SSSR count). The molecule has 1 amide bonds. The van der Waals surface area contributed by atoms with Gasteiger partial charge in [-0.25, -0.2) is 13.2 Å². The minimum Gasteiger partial charge on any atom is -0.475 e. The molecule has 1 atom stereocenters. The van der Waals surface area contributed by atoms with E-state index in [1.807, 2.05) is 31.2 Å². The molecule has 0 spiro atoms. The van der Waals surface area contributed by atoms with Crippen molar-refractivity contribution in [3.8, 4) is 5.75 Å². The van der Waals surface area contributed by atoms with E-state index in [2.05, 4.69) is 0 Å². The Morgan fingerprint density at radius 2 is 1.72 bits per heavy atom. The molecule has 8 nitrogen and oxygen atoms in total. The second-order valence-electron chi connectivity index (χ2n) is 8.26. The van der Waals surface area contributed by atoms with E-state index in [-0.39, 0.29) is 18.0 Å². The van der Waals surface area contributed by atoms with Crippen LogP contribution in [-0.4, -0.2) is 50.9 Å². The highest BCUT2D eigenvalue weighted by Crippen LogP contribution is 2.34. The van der Waals surface area contributed by atoms with Crippen molar-refractivity contribution in [3.63, 3.8) is 0 Å². The van der Waals surface area contributed by atoms with Crippen molar-refractivity contribution < 1.29 is 27.5 Å². The lowest BCUT2D eigenvalue weighted by Crippen LogP contribution is -2.50. The molecule has 0 radical (unpaired) electrons. The number of para-hydroxylation sites is 2. The van der Waals surface area contributed by atoms with E-state index < -0.39 is 34.5 Å². The second-order valence-corrected chi connectivity index (χ2v) is 10.6. The zero-order chi connectivity index (χ0) is 25.9. The molecule has 1 aliphatic rings. The number of carbonyl (C=O) groups excluding carboxylic acids is 2. The van der Waals surface area contributed by atoms with E-state index in [9.17, 15) is 18.0 Å². The number of hydrogen-bond acceptors (Lipinski definition) is 6. The predicted molar refractivity (Wildman–Crippen MR) is 135 cm³/mol. The summed E-state index contributed by atoms with van der Waals surface area (Å²) in [5.74, 6) is -0.808. The Balaban J connectivity index is 1.70. The largest absolute Gasteiger partial charge is 0.475 e. The van der Waals surface area contributed by atoms with Crippen molar-refractivity contribution in [1.29, 1.82) is 0 Å². The van der Waals surface area contributed by atoms with E-state index >= 15 is 0 Å². The summed E-state index contributed by atoms with van der Waals surface area (Å²) in [5, 5.41) is 0.397. The fourth-order valence-electron chi connectivity index (χ4n) is 3.92. The van der Waals surface area contributed by atoms with E-state index in [0.717, 1.165) is 15.4 Å². The summed E-state index contributed by atoms with van der Waals surface area (Å²) in [5.41, 5.74) is 2.10. The number of anilines is 1. The first kappa shape index (κ1) is 25.7. The number of aryl methyl sites for hydroxylation is 1. The standard InChI is InChI=1S/C26H25ClN2O6S/c1-18-7-3-4-8-19(18)15-28(36(32,33)21-13-11-20(27)12-14-21)17-25(30)29-16-24(26(31)34-2)35-23-10-6-5-9-22(23)29/h3-14,24H,15-17H2,1-2H3.